The van der Waals surface area contributed by atoms with E-state index in [9.17, 15) is 20.1 Å². The molecule has 9 atom stereocenters. The van der Waals surface area contributed by atoms with E-state index in [1.165, 1.54) is 5.57 Å². The van der Waals surface area contributed by atoms with Crippen molar-refractivity contribution in [3.05, 3.63) is 11.6 Å². The quantitative estimate of drug-likeness (QED) is 0.397. The summed E-state index contributed by atoms with van der Waals surface area (Å²) in [6.07, 6.45) is 9.45. The molecule has 192 valence electrons. The average Bonchev–Trinajstić information content (AvgIpc) is 2.72. The largest absolute Gasteiger partial charge is 0.481 e. The number of aliphatic carboxylic acids is 1. The smallest absolute Gasteiger partial charge is 0.310 e. The van der Waals surface area contributed by atoms with Gasteiger partial charge in [0.1, 0.15) is 0 Å². The van der Waals surface area contributed by atoms with Gasteiger partial charge in [-0.25, -0.2) is 0 Å². The van der Waals surface area contributed by atoms with Gasteiger partial charge in [-0.1, -0.05) is 60.1 Å². The van der Waals surface area contributed by atoms with Gasteiger partial charge in [-0.2, -0.15) is 0 Å². The van der Waals surface area contributed by atoms with E-state index in [0.717, 1.165) is 51.4 Å². The van der Waals surface area contributed by atoms with Gasteiger partial charge in [-0.15, -0.1) is 0 Å². The molecule has 0 heterocycles. The highest BCUT2D eigenvalue weighted by Crippen LogP contribution is 2.75. The van der Waals surface area contributed by atoms with Gasteiger partial charge in [0.15, 0.2) is 0 Å². The predicted octanol–water partition coefficient (Wildman–Crippen LogP) is 6.20. The molecule has 0 aromatic rings. The number of hydrogen-bond donors (Lipinski definition) is 3. The van der Waals surface area contributed by atoms with Crippen LogP contribution < -0.4 is 0 Å². The van der Waals surface area contributed by atoms with Gasteiger partial charge in [-0.05, 0) is 103 Å². The van der Waals surface area contributed by atoms with Crippen LogP contribution in [0.15, 0.2) is 11.6 Å². The first-order chi connectivity index (χ1) is 15.6. The van der Waals surface area contributed by atoms with E-state index < -0.39 is 23.6 Å². The van der Waals surface area contributed by atoms with E-state index in [1.807, 2.05) is 0 Å². The number of allylic oxidation sites excluding steroid dienone is 2. The van der Waals surface area contributed by atoms with Crippen LogP contribution in [0.3, 0.4) is 0 Å². The fraction of sp³-hybridized carbons (Fsp3) is 0.900. The third-order valence-corrected chi connectivity index (χ3v) is 13.0. The Morgan fingerprint density at radius 1 is 0.882 bits per heavy atom. The first-order valence-corrected chi connectivity index (χ1v) is 13.9. The number of carboxylic acids is 1. The van der Waals surface area contributed by atoms with Crippen molar-refractivity contribution in [2.24, 2.45) is 50.2 Å². The summed E-state index contributed by atoms with van der Waals surface area (Å²) in [5, 5.41) is 32.4. The molecule has 4 saturated carbocycles. The first kappa shape index (κ1) is 24.8. The topological polar surface area (TPSA) is 77.8 Å². The van der Waals surface area contributed by atoms with Crippen LogP contribution in [-0.2, 0) is 4.79 Å². The van der Waals surface area contributed by atoms with Crippen LogP contribution in [0.5, 0.6) is 0 Å². The lowest BCUT2D eigenvalue weighted by molar-refractivity contribution is -0.231. The maximum atomic E-state index is 12.8. The standard InChI is InChI=1S/C30H48O4/c1-25(2)12-14-30(24(33)34)15-13-28(6)18(19(30)16-25)8-9-22-27(5)17-20(31)23(32)26(3,4)21(27)10-11-29(22,28)7/h8,19-23,31-32H,9-17H2,1-7H3,(H,33,34)/t19-,20-,21-,22+,23-,27-,28-,29+,30-/m0/s1. The summed E-state index contributed by atoms with van der Waals surface area (Å²) in [5.74, 6) is 0.365. The zero-order valence-corrected chi connectivity index (χ0v) is 22.6. The molecule has 0 aromatic heterocycles. The monoisotopic (exact) mass is 472 g/mol. The van der Waals surface area contributed by atoms with E-state index in [0.29, 0.717) is 18.3 Å². The molecule has 0 aromatic carbocycles. The van der Waals surface area contributed by atoms with Crippen LogP contribution in [0.25, 0.3) is 0 Å². The molecule has 4 fully saturated rings. The highest BCUT2D eigenvalue weighted by atomic mass is 16.4. The normalized spacial score (nSPS) is 53.4. The van der Waals surface area contributed by atoms with Gasteiger partial charge >= 0.3 is 5.97 Å². The van der Waals surface area contributed by atoms with E-state index in [1.54, 1.807) is 0 Å². The molecule has 3 N–H and O–H groups in total. The van der Waals surface area contributed by atoms with Crippen molar-refractivity contribution >= 4 is 5.97 Å². The Morgan fingerprint density at radius 3 is 2.18 bits per heavy atom. The van der Waals surface area contributed by atoms with Crippen LogP contribution in [0, 0.1) is 50.2 Å². The van der Waals surface area contributed by atoms with Crippen molar-refractivity contribution in [2.45, 2.75) is 118 Å². The molecule has 0 saturated heterocycles. The van der Waals surface area contributed by atoms with Crippen LogP contribution >= 0.6 is 0 Å². The van der Waals surface area contributed by atoms with Crippen molar-refractivity contribution in [3.8, 4) is 0 Å². The summed E-state index contributed by atoms with van der Waals surface area (Å²) < 4.78 is 0. The van der Waals surface area contributed by atoms with Crippen LogP contribution in [0.2, 0.25) is 0 Å². The SMILES string of the molecule is CC1(C)CC[C@]2(C(=O)O)CC[C@@]3(C)C(=CC[C@@H]4[C@@]5(C)C[C@H](O)[C@H](O)C(C)(C)[C@@H]5CC[C@]43C)[C@@H]2C1. The molecule has 0 radical (unpaired) electrons. The van der Waals surface area contributed by atoms with Gasteiger partial charge in [0.05, 0.1) is 17.6 Å². The highest BCUT2D eigenvalue weighted by Gasteiger charge is 2.70. The van der Waals surface area contributed by atoms with Gasteiger partial charge in [0, 0.05) is 0 Å². The minimum absolute atomic E-state index is 0.00785. The lowest BCUT2D eigenvalue weighted by Gasteiger charge is -2.71. The third kappa shape index (κ3) is 2.88. The number of carbonyl (C=O) groups is 1. The molecule has 0 unspecified atom stereocenters. The predicted molar refractivity (Wildman–Crippen MR) is 134 cm³/mol. The second-order valence-electron chi connectivity index (χ2n) is 15.2. The Hall–Kier alpha value is -0.870. The lowest BCUT2D eigenvalue weighted by Crippen LogP contribution is -2.67. The van der Waals surface area contributed by atoms with Crippen molar-refractivity contribution in [1.29, 1.82) is 0 Å². The summed E-state index contributed by atoms with van der Waals surface area (Å²) in [6.45, 7) is 16.3. The average molecular weight is 473 g/mol. The number of hydrogen-bond acceptors (Lipinski definition) is 3. The summed E-state index contributed by atoms with van der Waals surface area (Å²) >= 11 is 0. The molecule has 0 amide bonds. The molecule has 4 nitrogen and oxygen atoms in total. The summed E-state index contributed by atoms with van der Waals surface area (Å²) in [6, 6.07) is 0. The molecule has 5 aliphatic carbocycles. The number of rotatable bonds is 1. The lowest BCUT2D eigenvalue weighted by atomic mass is 9.33. The van der Waals surface area contributed by atoms with E-state index in [4.69, 9.17) is 0 Å². The Morgan fingerprint density at radius 2 is 1.53 bits per heavy atom. The van der Waals surface area contributed by atoms with Crippen LogP contribution in [0.4, 0.5) is 0 Å². The van der Waals surface area contributed by atoms with Crippen molar-refractivity contribution in [1.82, 2.24) is 0 Å². The van der Waals surface area contributed by atoms with Crippen LogP contribution in [-0.4, -0.2) is 33.5 Å². The van der Waals surface area contributed by atoms with Crippen molar-refractivity contribution < 1.29 is 20.1 Å². The number of aliphatic hydroxyl groups is 2. The first-order valence-electron chi connectivity index (χ1n) is 13.9. The van der Waals surface area contributed by atoms with Gasteiger partial charge < -0.3 is 15.3 Å². The zero-order chi connectivity index (χ0) is 25.1. The van der Waals surface area contributed by atoms with Crippen molar-refractivity contribution in [2.75, 3.05) is 0 Å². The molecule has 34 heavy (non-hydrogen) atoms. The molecule has 0 spiro atoms. The highest BCUT2D eigenvalue weighted by molar-refractivity contribution is 5.76. The van der Waals surface area contributed by atoms with Gasteiger partial charge in [-0.3, -0.25) is 4.79 Å². The third-order valence-electron chi connectivity index (χ3n) is 13.0. The minimum atomic E-state index is -0.679. The maximum absolute atomic E-state index is 12.8. The summed E-state index contributed by atoms with van der Waals surface area (Å²) in [5.41, 5.74) is 0.754. The maximum Gasteiger partial charge on any atom is 0.310 e. The summed E-state index contributed by atoms with van der Waals surface area (Å²) in [7, 11) is 0. The molecule has 4 heteroatoms. The Kier molecular flexibility index (Phi) is 5.20. The molecule has 0 bridgehead atoms. The molecular formula is C30H48O4. The molecular weight excluding hydrogens is 424 g/mol. The van der Waals surface area contributed by atoms with Gasteiger partial charge in [0.25, 0.3) is 0 Å². The van der Waals surface area contributed by atoms with E-state index in [2.05, 4.69) is 54.5 Å². The summed E-state index contributed by atoms with van der Waals surface area (Å²) in [4.78, 5) is 12.8. The van der Waals surface area contributed by atoms with E-state index >= 15 is 0 Å². The number of aliphatic hydroxyl groups excluding tert-OH is 2. The minimum Gasteiger partial charge on any atom is -0.481 e. The molecule has 5 aliphatic rings. The Bertz CT molecular complexity index is 919. The Labute approximate surface area is 206 Å². The Balaban J connectivity index is 1.61. The molecule has 0 aliphatic heterocycles. The number of fused-ring (bicyclic) bond motifs is 7. The van der Waals surface area contributed by atoms with Crippen LogP contribution in [0.1, 0.15) is 106 Å². The second-order valence-corrected chi connectivity index (χ2v) is 15.2. The fourth-order valence-corrected chi connectivity index (χ4v) is 10.8. The van der Waals surface area contributed by atoms with Gasteiger partial charge in [0.2, 0.25) is 0 Å². The van der Waals surface area contributed by atoms with E-state index in [-0.39, 0.29) is 33.0 Å². The van der Waals surface area contributed by atoms with Crippen molar-refractivity contribution in [3.63, 3.8) is 0 Å². The molecule has 5 rings (SSSR count). The second kappa shape index (κ2) is 7.12. The fourth-order valence-electron chi connectivity index (χ4n) is 10.8. The number of carboxylic acid groups (broad SMARTS) is 1. The zero-order valence-electron chi connectivity index (χ0n) is 22.6.